The van der Waals surface area contributed by atoms with Crippen LogP contribution in [0.25, 0.3) is 0 Å². The molecule has 0 saturated heterocycles. The van der Waals surface area contributed by atoms with Crippen LogP contribution < -0.4 is 10.2 Å². The van der Waals surface area contributed by atoms with Gasteiger partial charge in [0.15, 0.2) is 0 Å². The number of hydrogen-bond acceptors (Lipinski definition) is 1. The van der Waals surface area contributed by atoms with Crippen LogP contribution in [0.4, 0.5) is 16.2 Å². The lowest BCUT2D eigenvalue weighted by Crippen LogP contribution is -2.38. The average Bonchev–Trinajstić information content (AvgIpc) is 2.39. The van der Waals surface area contributed by atoms with E-state index in [9.17, 15) is 4.79 Å². The number of fused-ring (bicyclic) bond motifs is 1. The van der Waals surface area contributed by atoms with Gasteiger partial charge in [-0.1, -0.05) is 29.8 Å². The molecule has 2 aromatic carbocycles. The molecule has 0 fully saturated rings. The SMILES string of the molecule is O=C1Nc2ccccc2CN1c1ccc(Cl)cc1. The summed E-state index contributed by atoms with van der Waals surface area (Å²) >= 11 is 5.85. The third-order valence-corrected chi connectivity index (χ3v) is 3.22. The lowest BCUT2D eigenvalue weighted by molar-refractivity contribution is 0.256. The normalized spacial score (nSPS) is 14.1. The van der Waals surface area contributed by atoms with Crippen molar-refractivity contribution in [1.29, 1.82) is 0 Å². The third-order valence-electron chi connectivity index (χ3n) is 2.97. The summed E-state index contributed by atoms with van der Waals surface area (Å²) in [7, 11) is 0. The van der Waals surface area contributed by atoms with Gasteiger partial charge in [0, 0.05) is 16.4 Å². The highest BCUT2D eigenvalue weighted by Gasteiger charge is 2.23. The van der Waals surface area contributed by atoms with E-state index in [0.29, 0.717) is 11.6 Å². The van der Waals surface area contributed by atoms with Crippen molar-refractivity contribution in [2.45, 2.75) is 6.54 Å². The number of anilines is 2. The van der Waals surface area contributed by atoms with Crippen molar-refractivity contribution in [2.24, 2.45) is 0 Å². The average molecular weight is 259 g/mol. The van der Waals surface area contributed by atoms with Crippen molar-refractivity contribution in [3.05, 3.63) is 59.1 Å². The van der Waals surface area contributed by atoms with Gasteiger partial charge in [-0.15, -0.1) is 0 Å². The Labute approximate surface area is 110 Å². The van der Waals surface area contributed by atoms with Crippen LogP contribution in [0.15, 0.2) is 48.5 Å². The Hall–Kier alpha value is -2.00. The van der Waals surface area contributed by atoms with E-state index in [-0.39, 0.29) is 6.03 Å². The van der Waals surface area contributed by atoms with E-state index in [2.05, 4.69) is 5.32 Å². The van der Waals surface area contributed by atoms with Gasteiger partial charge in [0.2, 0.25) is 0 Å². The molecule has 1 N–H and O–H groups in total. The summed E-state index contributed by atoms with van der Waals surface area (Å²) in [4.78, 5) is 13.7. The first-order chi connectivity index (χ1) is 8.74. The van der Waals surface area contributed by atoms with Crippen LogP contribution in [0, 0.1) is 0 Å². The van der Waals surface area contributed by atoms with Gasteiger partial charge >= 0.3 is 6.03 Å². The lowest BCUT2D eigenvalue weighted by atomic mass is 10.1. The highest BCUT2D eigenvalue weighted by Crippen LogP contribution is 2.27. The molecule has 18 heavy (non-hydrogen) atoms. The second-order valence-electron chi connectivity index (χ2n) is 4.15. The molecular formula is C14H11ClN2O. The molecule has 0 aromatic heterocycles. The molecule has 4 heteroatoms. The van der Waals surface area contributed by atoms with Gasteiger partial charge in [-0.05, 0) is 35.9 Å². The van der Waals surface area contributed by atoms with Gasteiger partial charge in [-0.25, -0.2) is 4.79 Å². The lowest BCUT2D eigenvalue weighted by Gasteiger charge is -2.29. The maximum Gasteiger partial charge on any atom is 0.326 e. The highest BCUT2D eigenvalue weighted by atomic mass is 35.5. The first kappa shape index (κ1) is 11.1. The van der Waals surface area contributed by atoms with Crippen LogP contribution >= 0.6 is 11.6 Å². The van der Waals surface area contributed by atoms with Crippen LogP contribution in [0.1, 0.15) is 5.56 Å². The number of nitrogens with zero attached hydrogens (tertiary/aromatic N) is 1. The molecule has 0 spiro atoms. The van der Waals surface area contributed by atoms with Crippen LogP contribution in [-0.4, -0.2) is 6.03 Å². The van der Waals surface area contributed by atoms with E-state index in [1.807, 2.05) is 36.4 Å². The summed E-state index contributed by atoms with van der Waals surface area (Å²) in [5, 5.41) is 3.54. The molecular weight excluding hydrogens is 248 g/mol. The van der Waals surface area contributed by atoms with Gasteiger partial charge < -0.3 is 5.32 Å². The molecule has 3 nitrogen and oxygen atoms in total. The van der Waals surface area contributed by atoms with Crippen LogP contribution in [0.3, 0.4) is 0 Å². The van der Waals surface area contributed by atoms with Crippen molar-refractivity contribution in [2.75, 3.05) is 10.2 Å². The van der Waals surface area contributed by atoms with E-state index < -0.39 is 0 Å². The number of rotatable bonds is 1. The number of nitrogens with one attached hydrogen (secondary N) is 1. The number of hydrogen-bond donors (Lipinski definition) is 1. The van der Waals surface area contributed by atoms with Gasteiger partial charge in [0.25, 0.3) is 0 Å². The number of benzene rings is 2. The minimum atomic E-state index is -0.115. The van der Waals surface area contributed by atoms with E-state index in [0.717, 1.165) is 16.9 Å². The summed E-state index contributed by atoms with van der Waals surface area (Å²) < 4.78 is 0. The molecule has 0 radical (unpaired) electrons. The fourth-order valence-electron chi connectivity index (χ4n) is 2.03. The summed E-state index contributed by atoms with van der Waals surface area (Å²) in [5.41, 5.74) is 2.83. The zero-order valence-corrected chi connectivity index (χ0v) is 10.3. The fourth-order valence-corrected chi connectivity index (χ4v) is 2.16. The molecule has 0 bridgehead atoms. The molecule has 2 aromatic rings. The molecule has 2 amide bonds. The number of halogens is 1. The number of amides is 2. The van der Waals surface area contributed by atoms with E-state index in [4.69, 9.17) is 11.6 Å². The van der Waals surface area contributed by atoms with Gasteiger partial charge in [-0.2, -0.15) is 0 Å². The Morgan fingerprint density at radius 2 is 1.78 bits per heavy atom. The van der Waals surface area contributed by atoms with Crippen molar-refractivity contribution >= 4 is 29.0 Å². The Morgan fingerprint density at radius 1 is 1.06 bits per heavy atom. The quantitative estimate of drug-likeness (QED) is 0.827. The second kappa shape index (κ2) is 4.35. The van der Waals surface area contributed by atoms with Crippen molar-refractivity contribution in [3.8, 4) is 0 Å². The monoisotopic (exact) mass is 258 g/mol. The largest absolute Gasteiger partial charge is 0.326 e. The minimum absolute atomic E-state index is 0.115. The molecule has 3 rings (SSSR count). The maximum absolute atomic E-state index is 12.0. The van der Waals surface area contributed by atoms with E-state index in [1.165, 1.54) is 0 Å². The molecule has 1 aliphatic rings. The molecule has 0 aliphatic carbocycles. The summed E-state index contributed by atoms with van der Waals surface area (Å²) in [5.74, 6) is 0. The van der Waals surface area contributed by atoms with Crippen molar-refractivity contribution in [3.63, 3.8) is 0 Å². The Bertz CT molecular complexity index is 595. The highest BCUT2D eigenvalue weighted by molar-refractivity contribution is 6.30. The van der Waals surface area contributed by atoms with Gasteiger partial charge in [0.1, 0.15) is 0 Å². The predicted molar refractivity (Wildman–Crippen MR) is 73.1 cm³/mol. The van der Waals surface area contributed by atoms with Crippen LogP contribution in [0.2, 0.25) is 5.02 Å². The zero-order valence-electron chi connectivity index (χ0n) is 9.56. The molecule has 0 atom stereocenters. The Morgan fingerprint density at radius 3 is 2.56 bits per heavy atom. The summed E-state index contributed by atoms with van der Waals surface area (Å²) in [6.07, 6.45) is 0. The standard InChI is InChI=1S/C14H11ClN2O/c15-11-5-7-12(8-6-11)17-9-10-3-1-2-4-13(10)16-14(17)18/h1-8H,9H2,(H,16,18). The van der Waals surface area contributed by atoms with Crippen molar-refractivity contribution in [1.82, 2.24) is 0 Å². The fraction of sp³-hybridized carbons (Fsp3) is 0.0714. The zero-order chi connectivity index (χ0) is 12.5. The maximum atomic E-state index is 12.0. The number of para-hydroxylation sites is 1. The molecule has 0 saturated carbocycles. The Kier molecular flexibility index (Phi) is 2.68. The molecule has 1 aliphatic heterocycles. The molecule has 0 unspecified atom stereocenters. The first-order valence-electron chi connectivity index (χ1n) is 5.66. The topological polar surface area (TPSA) is 32.3 Å². The second-order valence-corrected chi connectivity index (χ2v) is 4.59. The Balaban J connectivity index is 1.95. The van der Waals surface area contributed by atoms with Gasteiger partial charge in [0.05, 0.1) is 6.54 Å². The van der Waals surface area contributed by atoms with E-state index >= 15 is 0 Å². The number of urea groups is 1. The smallest absolute Gasteiger partial charge is 0.307 e. The number of carbonyl (C=O) groups is 1. The number of carbonyl (C=O) groups excluding carboxylic acids is 1. The predicted octanol–water partition coefficient (Wildman–Crippen LogP) is 3.89. The summed E-state index contributed by atoms with van der Waals surface area (Å²) in [6, 6.07) is 14.9. The van der Waals surface area contributed by atoms with Crippen molar-refractivity contribution < 1.29 is 4.79 Å². The summed E-state index contributed by atoms with van der Waals surface area (Å²) in [6.45, 7) is 0.573. The van der Waals surface area contributed by atoms with Crippen LogP contribution in [0.5, 0.6) is 0 Å². The first-order valence-corrected chi connectivity index (χ1v) is 6.04. The van der Waals surface area contributed by atoms with Gasteiger partial charge in [-0.3, -0.25) is 4.90 Å². The minimum Gasteiger partial charge on any atom is -0.307 e. The van der Waals surface area contributed by atoms with Crippen LogP contribution in [-0.2, 0) is 6.54 Å². The molecule has 90 valence electrons. The third kappa shape index (κ3) is 1.93. The van der Waals surface area contributed by atoms with E-state index in [1.54, 1.807) is 17.0 Å². The molecule has 1 heterocycles.